The molecule has 2 aliphatic rings. The van der Waals surface area contributed by atoms with E-state index < -0.39 is 0 Å². The lowest BCUT2D eigenvalue weighted by Gasteiger charge is -2.33. The van der Waals surface area contributed by atoms with Crippen molar-refractivity contribution in [2.75, 3.05) is 13.1 Å². The van der Waals surface area contributed by atoms with Crippen molar-refractivity contribution in [3.8, 4) is 0 Å². The minimum atomic E-state index is 0.0799. The topological polar surface area (TPSA) is 45.5 Å². The summed E-state index contributed by atoms with van der Waals surface area (Å²) in [4.78, 5) is 15.4. The van der Waals surface area contributed by atoms with E-state index in [-0.39, 0.29) is 12.5 Å². The minimum absolute atomic E-state index is 0.0799. The SMILES string of the molecule is O=C(c1cc2ccccc2n1CC1CC1)N1CCC(c2ccccc2CO)CC1. The van der Waals surface area contributed by atoms with E-state index in [0.29, 0.717) is 5.92 Å². The van der Waals surface area contributed by atoms with Gasteiger partial charge in [0.2, 0.25) is 0 Å². The summed E-state index contributed by atoms with van der Waals surface area (Å²) < 4.78 is 2.25. The maximum Gasteiger partial charge on any atom is 0.270 e. The predicted octanol–water partition coefficient (Wildman–Crippen LogP) is 4.56. The number of nitrogens with zero attached hydrogens (tertiary/aromatic N) is 2. The molecule has 5 rings (SSSR count). The number of piperidine rings is 1. The molecular weight excluding hydrogens is 360 g/mol. The first-order chi connectivity index (χ1) is 14.2. The van der Waals surface area contributed by atoms with E-state index in [1.165, 1.54) is 23.9 Å². The zero-order chi connectivity index (χ0) is 19.8. The van der Waals surface area contributed by atoms with Crippen molar-refractivity contribution in [3.05, 3.63) is 71.4 Å². The average Bonchev–Trinajstić information content (AvgIpc) is 3.53. The molecule has 1 aromatic heterocycles. The van der Waals surface area contributed by atoms with E-state index in [2.05, 4.69) is 34.9 Å². The fraction of sp³-hybridized carbons (Fsp3) is 0.400. The summed E-state index contributed by atoms with van der Waals surface area (Å²) in [6, 6.07) is 18.6. The molecule has 1 amide bonds. The minimum Gasteiger partial charge on any atom is -0.392 e. The molecule has 4 nitrogen and oxygen atoms in total. The molecule has 2 heterocycles. The Kier molecular flexibility index (Phi) is 4.88. The highest BCUT2D eigenvalue weighted by molar-refractivity contribution is 5.98. The van der Waals surface area contributed by atoms with Gasteiger partial charge in [-0.05, 0) is 60.8 Å². The second-order valence-corrected chi connectivity index (χ2v) is 8.57. The summed E-state index contributed by atoms with van der Waals surface area (Å²) >= 11 is 0. The van der Waals surface area contributed by atoms with Crippen LogP contribution in [0.25, 0.3) is 10.9 Å². The number of aliphatic hydroxyl groups excluding tert-OH is 1. The number of hydrogen-bond acceptors (Lipinski definition) is 2. The molecule has 0 bridgehead atoms. The Morgan fingerprint density at radius 3 is 2.45 bits per heavy atom. The van der Waals surface area contributed by atoms with Crippen LogP contribution in [0.3, 0.4) is 0 Å². The van der Waals surface area contributed by atoms with Crippen LogP contribution in [0, 0.1) is 5.92 Å². The quantitative estimate of drug-likeness (QED) is 0.696. The molecule has 4 heteroatoms. The van der Waals surface area contributed by atoms with Crippen LogP contribution in [0.15, 0.2) is 54.6 Å². The third kappa shape index (κ3) is 3.58. The van der Waals surface area contributed by atoms with Gasteiger partial charge in [0, 0.05) is 30.5 Å². The molecule has 0 spiro atoms. The number of carbonyl (C=O) groups is 1. The summed E-state index contributed by atoms with van der Waals surface area (Å²) in [7, 11) is 0. The van der Waals surface area contributed by atoms with Gasteiger partial charge in [-0.3, -0.25) is 4.79 Å². The zero-order valence-corrected chi connectivity index (χ0v) is 16.8. The lowest BCUT2D eigenvalue weighted by atomic mass is 9.86. The van der Waals surface area contributed by atoms with Crippen LogP contribution in [0.1, 0.15) is 53.2 Å². The molecule has 150 valence electrons. The van der Waals surface area contributed by atoms with Gasteiger partial charge < -0.3 is 14.6 Å². The molecule has 1 saturated carbocycles. The Hall–Kier alpha value is -2.59. The van der Waals surface area contributed by atoms with E-state index >= 15 is 0 Å². The van der Waals surface area contributed by atoms with Crippen LogP contribution in [0.5, 0.6) is 0 Å². The molecule has 1 saturated heterocycles. The molecule has 1 N–H and O–H groups in total. The molecule has 0 unspecified atom stereocenters. The molecule has 29 heavy (non-hydrogen) atoms. The van der Waals surface area contributed by atoms with Crippen molar-refractivity contribution >= 4 is 16.8 Å². The summed E-state index contributed by atoms with van der Waals surface area (Å²) in [5, 5.41) is 10.8. The van der Waals surface area contributed by atoms with Crippen molar-refractivity contribution in [2.45, 2.75) is 44.8 Å². The smallest absolute Gasteiger partial charge is 0.270 e. The lowest BCUT2D eigenvalue weighted by Crippen LogP contribution is -2.39. The number of aliphatic hydroxyl groups is 1. The van der Waals surface area contributed by atoms with E-state index in [4.69, 9.17) is 0 Å². The largest absolute Gasteiger partial charge is 0.392 e. The number of aromatic nitrogens is 1. The second kappa shape index (κ2) is 7.68. The van der Waals surface area contributed by atoms with E-state index in [0.717, 1.165) is 55.0 Å². The highest BCUT2D eigenvalue weighted by atomic mass is 16.3. The van der Waals surface area contributed by atoms with E-state index in [9.17, 15) is 9.90 Å². The standard InChI is InChI=1S/C25H28N2O2/c28-17-21-6-1-3-7-22(21)19-11-13-26(14-12-19)25(29)24-15-20-5-2-4-8-23(20)27(24)16-18-9-10-18/h1-8,15,18-19,28H,9-14,16-17H2. The number of para-hydroxylation sites is 1. The van der Waals surface area contributed by atoms with E-state index in [1.54, 1.807) is 0 Å². The number of fused-ring (bicyclic) bond motifs is 1. The van der Waals surface area contributed by atoms with Gasteiger partial charge in [-0.1, -0.05) is 42.5 Å². The second-order valence-electron chi connectivity index (χ2n) is 8.57. The van der Waals surface area contributed by atoms with Crippen molar-refractivity contribution < 1.29 is 9.90 Å². The Bertz CT molecular complexity index is 1030. The van der Waals surface area contributed by atoms with Crippen LogP contribution in [-0.2, 0) is 13.2 Å². The number of rotatable bonds is 5. The van der Waals surface area contributed by atoms with Crippen molar-refractivity contribution in [1.29, 1.82) is 0 Å². The van der Waals surface area contributed by atoms with Crippen molar-refractivity contribution in [2.24, 2.45) is 5.92 Å². The fourth-order valence-electron chi connectivity index (χ4n) is 4.77. The van der Waals surface area contributed by atoms with Crippen molar-refractivity contribution in [3.63, 3.8) is 0 Å². The molecule has 2 aromatic carbocycles. The van der Waals surface area contributed by atoms with Crippen molar-refractivity contribution in [1.82, 2.24) is 9.47 Å². The predicted molar refractivity (Wildman–Crippen MR) is 115 cm³/mol. The maximum atomic E-state index is 13.4. The first-order valence-electron chi connectivity index (χ1n) is 10.8. The maximum absolute atomic E-state index is 13.4. The van der Waals surface area contributed by atoms with Crippen LogP contribution < -0.4 is 0 Å². The first kappa shape index (κ1) is 18.4. The van der Waals surface area contributed by atoms with Crippen LogP contribution in [-0.4, -0.2) is 33.6 Å². The number of hydrogen-bond donors (Lipinski definition) is 1. The molecule has 0 atom stereocenters. The third-order valence-corrected chi connectivity index (χ3v) is 6.61. The van der Waals surface area contributed by atoms with Gasteiger partial charge in [0.15, 0.2) is 0 Å². The molecule has 0 radical (unpaired) electrons. The Morgan fingerprint density at radius 2 is 1.69 bits per heavy atom. The number of likely N-dealkylation sites (tertiary alicyclic amines) is 1. The highest BCUT2D eigenvalue weighted by Crippen LogP contribution is 2.34. The highest BCUT2D eigenvalue weighted by Gasteiger charge is 2.29. The van der Waals surface area contributed by atoms with Gasteiger partial charge in [-0.15, -0.1) is 0 Å². The first-order valence-corrected chi connectivity index (χ1v) is 10.8. The normalized spacial score (nSPS) is 17.8. The lowest BCUT2D eigenvalue weighted by molar-refractivity contribution is 0.0701. The van der Waals surface area contributed by atoms with Crippen LogP contribution in [0.2, 0.25) is 0 Å². The number of benzene rings is 2. The summed E-state index contributed by atoms with van der Waals surface area (Å²) in [5.74, 6) is 1.30. The monoisotopic (exact) mass is 388 g/mol. The molecule has 3 aromatic rings. The molecule has 2 fully saturated rings. The van der Waals surface area contributed by atoms with Gasteiger partial charge in [0.25, 0.3) is 5.91 Å². The van der Waals surface area contributed by atoms with Gasteiger partial charge in [-0.2, -0.15) is 0 Å². The fourth-order valence-corrected chi connectivity index (χ4v) is 4.77. The summed E-state index contributed by atoms with van der Waals surface area (Å²) in [6.45, 7) is 2.58. The van der Waals surface area contributed by atoms with Gasteiger partial charge in [0.05, 0.1) is 6.61 Å². The Balaban J connectivity index is 1.36. The van der Waals surface area contributed by atoms with Crippen LogP contribution >= 0.6 is 0 Å². The molecule has 1 aliphatic carbocycles. The Labute approximate surface area is 171 Å². The molecule has 1 aliphatic heterocycles. The van der Waals surface area contributed by atoms with Gasteiger partial charge >= 0.3 is 0 Å². The van der Waals surface area contributed by atoms with Gasteiger partial charge in [0.1, 0.15) is 5.69 Å². The number of amides is 1. The molecular formula is C25H28N2O2. The average molecular weight is 389 g/mol. The summed E-state index contributed by atoms with van der Waals surface area (Å²) in [5.41, 5.74) is 4.27. The third-order valence-electron chi connectivity index (χ3n) is 6.61. The number of carbonyl (C=O) groups excluding carboxylic acids is 1. The van der Waals surface area contributed by atoms with E-state index in [1.807, 2.05) is 29.2 Å². The van der Waals surface area contributed by atoms with Gasteiger partial charge in [-0.25, -0.2) is 0 Å². The Morgan fingerprint density at radius 1 is 0.966 bits per heavy atom. The van der Waals surface area contributed by atoms with Crippen LogP contribution in [0.4, 0.5) is 0 Å². The zero-order valence-electron chi connectivity index (χ0n) is 16.8. The summed E-state index contributed by atoms with van der Waals surface area (Å²) in [6.07, 6.45) is 4.45.